The first-order chi connectivity index (χ1) is 10.6. The van der Waals surface area contributed by atoms with Gasteiger partial charge in [-0.05, 0) is 51.5 Å². The highest BCUT2D eigenvalue weighted by Gasteiger charge is 2.35. The van der Waals surface area contributed by atoms with E-state index in [1.165, 1.54) is 0 Å². The van der Waals surface area contributed by atoms with Crippen molar-refractivity contribution < 1.29 is 36.6 Å². The summed E-state index contributed by atoms with van der Waals surface area (Å²) in [5, 5.41) is 8.25. The molecule has 0 fully saturated rings. The van der Waals surface area contributed by atoms with Gasteiger partial charge in [-0.25, -0.2) is 8.78 Å². The van der Waals surface area contributed by atoms with Crippen molar-refractivity contribution in [3.63, 3.8) is 0 Å². The normalized spacial score (nSPS) is 12.3. The number of hydrogen-bond acceptors (Lipinski definition) is 2. The number of carbonyl (C=O) groups is 2. The number of rotatable bonds is 2. The van der Waals surface area contributed by atoms with Gasteiger partial charge in [0.05, 0.1) is 11.0 Å². The molecule has 0 heterocycles. The van der Waals surface area contributed by atoms with Crippen molar-refractivity contribution in [3.05, 3.63) is 41.5 Å². The number of alkyl halides is 3. The molecule has 0 saturated carbocycles. The van der Waals surface area contributed by atoms with E-state index in [2.05, 4.69) is 0 Å². The molecule has 8 heteroatoms. The number of carboxylic acid groups (broad SMARTS) is 1. The molecule has 0 aliphatic rings. The largest absolute Gasteiger partial charge is 0.481 e. The van der Waals surface area contributed by atoms with Crippen LogP contribution in [0.15, 0.2) is 24.3 Å². The molecule has 0 aliphatic heterocycles. The Hall–Kier alpha value is -2.25. The van der Waals surface area contributed by atoms with Crippen LogP contribution in [-0.4, -0.2) is 23.0 Å². The Kier molecular flexibility index (Phi) is 7.28. The van der Waals surface area contributed by atoms with E-state index in [1.807, 2.05) is 0 Å². The molecule has 0 aliphatic carbocycles. The summed E-state index contributed by atoms with van der Waals surface area (Å²) in [7, 11) is 0. The molecule has 0 radical (unpaired) electrons. The number of hydrogen-bond donors (Lipinski definition) is 1. The Morgan fingerprint density at radius 1 is 1.00 bits per heavy atom. The first-order valence-corrected chi connectivity index (χ1v) is 6.64. The molecule has 24 heavy (non-hydrogen) atoms. The number of aliphatic carboxylic acids is 1. The van der Waals surface area contributed by atoms with Crippen molar-refractivity contribution in [2.24, 2.45) is 5.41 Å². The predicted octanol–water partition coefficient (Wildman–Crippen LogP) is 4.62. The summed E-state index contributed by atoms with van der Waals surface area (Å²) in [5.41, 5.74) is -2.67. The van der Waals surface area contributed by atoms with Crippen molar-refractivity contribution in [2.75, 3.05) is 0 Å². The number of halogens is 5. The molecular formula is C16H17F5O3. The Bertz CT molecular complexity index is 620. The highest BCUT2D eigenvalue weighted by molar-refractivity contribution is 5.96. The minimum Gasteiger partial charge on any atom is -0.481 e. The molecular weight excluding hydrogens is 335 g/mol. The molecule has 0 unspecified atom stereocenters. The van der Waals surface area contributed by atoms with E-state index < -0.39 is 46.1 Å². The molecule has 3 nitrogen and oxygen atoms in total. The maximum atomic E-state index is 12.8. The topological polar surface area (TPSA) is 54.4 Å². The van der Waals surface area contributed by atoms with Crippen LogP contribution in [0.2, 0.25) is 0 Å². The second-order valence-corrected chi connectivity index (χ2v) is 5.88. The zero-order valence-corrected chi connectivity index (χ0v) is 13.5. The van der Waals surface area contributed by atoms with Crippen LogP contribution in [0, 0.1) is 17.0 Å². The van der Waals surface area contributed by atoms with Gasteiger partial charge in [0, 0.05) is 6.07 Å². The molecule has 0 amide bonds. The third-order valence-corrected chi connectivity index (χ3v) is 2.47. The monoisotopic (exact) mass is 352 g/mol. The molecule has 0 saturated heterocycles. The van der Waals surface area contributed by atoms with Gasteiger partial charge in [0.2, 0.25) is 0 Å². The van der Waals surface area contributed by atoms with Crippen molar-refractivity contribution in [1.29, 1.82) is 0 Å². The zero-order chi connectivity index (χ0) is 19.3. The molecule has 0 aromatic heterocycles. The number of carboxylic acids is 1. The van der Waals surface area contributed by atoms with Gasteiger partial charge >= 0.3 is 12.1 Å². The first-order valence-electron chi connectivity index (χ1n) is 6.64. The van der Waals surface area contributed by atoms with Gasteiger partial charge in [-0.3, -0.25) is 9.59 Å². The highest BCUT2D eigenvalue weighted by atomic mass is 19.4. The van der Waals surface area contributed by atoms with Crippen LogP contribution in [0.3, 0.4) is 0 Å². The summed E-state index contributed by atoms with van der Waals surface area (Å²) >= 11 is 0. The maximum Gasteiger partial charge on any atom is 0.417 e. The fourth-order valence-electron chi connectivity index (χ4n) is 1.24. The van der Waals surface area contributed by atoms with Crippen LogP contribution in [0.25, 0.3) is 5.57 Å². The Labute approximate surface area is 135 Å². The zero-order valence-electron chi connectivity index (χ0n) is 13.5. The lowest BCUT2D eigenvalue weighted by Gasteiger charge is -2.11. The smallest absolute Gasteiger partial charge is 0.417 e. The SMILES string of the molecule is CC(=O)/C=C(\c1cc(F)cc(F)c1)C(F)(F)F.CC(C)(C)C(=O)O. The number of allylic oxidation sites excluding steroid dienone is 2. The maximum absolute atomic E-state index is 12.8. The lowest BCUT2D eigenvalue weighted by molar-refractivity contribution is -0.145. The second-order valence-electron chi connectivity index (χ2n) is 5.88. The summed E-state index contributed by atoms with van der Waals surface area (Å²) in [6.07, 6.45) is -4.56. The highest BCUT2D eigenvalue weighted by Crippen LogP contribution is 2.34. The van der Waals surface area contributed by atoms with Gasteiger partial charge in [0.1, 0.15) is 11.6 Å². The van der Waals surface area contributed by atoms with Crippen LogP contribution in [0.5, 0.6) is 0 Å². The average Bonchev–Trinajstić information content (AvgIpc) is 2.32. The number of ketones is 1. The lowest BCUT2D eigenvalue weighted by Crippen LogP contribution is -2.18. The molecule has 1 rings (SSSR count). The van der Waals surface area contributed by atoms with Gasteiger partial charge in [-0.1, -0.05) is 0 Å². The van der Waals surface area contributed by atoms with Crippen molar-refractivity contribution in [1.82, 2.24) is 0 Å². The molecule has 134 valence electrons. The number of benzene rings is 1. The molecule has 0 spiro atoms. The average molecular weight is 352 g/mol. The summed E-state index contributed by atoms with van der Waals surface area (Å²) in [5.74, 6) is -3.90. The minimum atomic E-state index is -4.86. The van der Waals surface area contributed by atoms with Crippen LogP contribution in [-0.2, 0) is 9.59 Å². The van der Waals surface area contributed by atoms with Crippen LogP contribution in [0.4, 0.5) is 22.0 Å². The van der Waals surface area contributed by atoms with E-state index >= 15 is 0 Å². The first kappa shape index (κ1) is 21.8. The van der Waals surface area contributed by atoms with Crippen molar-refractivity contribution in [2.45, 2.75) is 33.9 Å². The Morgan fingerprint density at radius 3 is 1.62 bits per heavy atom. The van der Waals surface area contributed by atoms with E-state index in [1.54, 1.807) is 20.8 Å². The summed E-state index contributed by atoms with van der Waals surface area (Å²) < 4.78 is 63.3. The van der Waals surface area contributed by atoms with Crippen LogP contribution in [0.1, 0.15) is 33.3 Å². The molecule has 1 N–H and O–H groups in total. The fourth-order valence-corrected chi connectivity index (χ4v) is 1.24. The quantitative estimate of drug-likeness (QED) is 0.624. The summed E-state index contributed by atoms with van der Waals surface area (Å²) in [4.78, 5) is 20.7. The van der Waals surface area contributed by atoms with Crippen LogP contribution < -0.4 is 0 Å². The van der Waals surface area contributed by atoms with Gasteiger partial charge < -0.3 is 5.11 Å². The summed E-state index contributed by atoms with van der Waals surface area (Å²) in [6.45, 7) is 5.90. The van der Waals surface area contributed by atoms with Crippen molar-refractivity contribution >= 4 is 17.3 Å². The van der Waals surface area contributed by atoms with E-state index in [-0.39, 0.29) is 0 Å². The van der Waals surface area contributed by atoms with Gasteiger partial charge in [-0.15, -0.1) is 0 Å². The molecule has 1 aromatic carbocycles. The minimum absolute atomic E-state index is 0.300. The molecule has 1 aromatic rings. The van der Waals surface area contributed by atoms with E-state index in [9.17, 15) is 31.5 Å². The summed E-state index contributed by atoms with van der Waals surface area (Å²) in [6, 6.07) is 1.49. The molecule has 0 bridgehead atoms. The van der Waals surface area contributed by atoms with Crippen LogP contribution >= 0.6 is 0 Å². The fraction of sp³-hybridized carbons (Fsp3) is 0.375. The van der Waals surface area contributed by atoms with Gasteiger partial charge in [0.25, 0.3) is 0 Å². The Morgan fingerprint density at radius 2 is 1.38 bits per heavy atom. The Balaban J connectivity index is 0.000000640. The van der Waals surface area contributed by atoms with Gasteiger partial charge in [-0.2, -0.15) is 13.2 Å². The predicted molar refractivity (Wildman–Crippen MR) is 78.2 cm³/mol. The van der Waals surface area contributed by atoms with Gasteiger partial charge in [0.15, 0.2) is 5.78 Å². The number of carbonyl (C=O) groups excluding carboxylic acids is 1. The second kappa shape index (κ2) is 8.03. The lowest BCUT2D eigenvalue weighted by atomic mass is 9.98. The van der Waals surface area contributed by atoms with E-state index in [0.29, 0.717) is 24.3 Å². The van der Waals surface area contributed by atoms with Crippen molar-refractivity contribution in [3.8, 4) is 0 Å². The standard InChI is InChI=1S/C11H7F5O.C5H10O2/c1-6(17)2-10(11(14,15)16)7-3-8(12)5-9(13)4-7;1-5(2,3)4(6)7/h2-5H,1H3;1-3H3,(H,6,7)/b10-2+;. The molecule has 0 atom stereocenters. The third kappa shape index (κ3) is 7.85. The third-order valence-electron chi connectivity index (χ3n) is 2.47. The van der Waals surface area contributed by atoms with E-state index in [4.69, 9.17) is 5.11 Å². The van der Waals surface area contributed by atoms with E-state index in [0.717, 1.165) is 6.92 Å².